The molecule has 0 N–H and O–H groups in total. The molecule has 0 fully saturated rings. The third-order valence-corrected chi connectivity index (χ3v) is 2.39. The summed E-state index contributed by atoms with van der Waals surface area (Å²) in [7, 11) is 1.88. The third kappa shape index (κ3) is 2.42. The zero-order chi connectivity index (χ0) is 12.1. The first-order valence-corrected chi connectivity index (χ1v) is 5.33. The average Bonchev–Trinajstić information content (AvgIpc) is 2.49. The Kier molecular flexibility index (Phi) is 4.11. The van der Waals surface area contributed by atoms with Crippen molar-refractivity contribution in [3.8, 4) is 0 Å². The summed E-state index contributed by atoms with van der Waals surface area (Å²) in [4.78, 5) is 11.8. The minimum atomic E-state index is -0.00569. The standard InChI is InChI=1S/C13H18N2O/c1-5-7-9-12(8-6-2)15-13(16)10-11(3)14(15)4/h5-10H,1-4H3/b7-5-,8-6-,12-9+. The number of nitrogens with zero attached hydrogens (tertiary/aromatic N) is 2. The Hall–Kier alpha value is -1.77. The first kappa shape index (κ1) is 12.3. The highest BCUT2D eigenvalue weighted by molar-refractivity contribution is 5.58. The van der Waals surface area contributed by atoms with Gasteiger partial charge in [-0.2, -0.15) is 0 Å². The summed E-state index contributed by atoms with van der Waals surface area (Å²) in [5, 5.41) is 0. The molecule has 1 aromatic heterocycles. The lowest BCUT2D eigenvalue weighted by molar-refractivity contribution is 0.644. The molecule has 0 amide bonds. The molecule has 1 rings (SSSR count). The fourth-order valence-corrected chi connectivity index (χ4v) is 1.50. The quantitative estimate of drug-likeness (QED) is 0.716. The lowest BCUT2D eigenvalue weighted by Gasteiger charge is -2.08. The van der Waals surface area contributed by atoms with Crippen molar-refractivity contribution in [1.29, 1.82) is 0 Å². The third-order valence-electron chi connectivity index (χ3n) is 2.39. The number of allylic oxidation sites excluding steroid dienone is 6. The smallest absolute Gasteiger partial charge is 0.271 e. The number of aromatic nitrogens is 2. The zero-order valence-corrected chi connectivity index (χ0v) is 10.3. The summed E-state index contributed by atoms with van der Waals surface area (Å²) in [6.45, 7) is 5.80. The molecule has 0 bridgehead atoms. The molecule has 16 heavy (non-hydrogen) atoms. The highest BCUT2D eigenvalue weighted by atomic mass is 16.1. The van der Waals surface area contributed by atoms with E-state index in [-0.39, 0.29) is 5.56 Å². The molecule has 0 radical (unpaired) electrons. The minimum Gasteiger partial charge on any atom is -0.285 e. The van der Waals surface area contributed by atoms with Crippen LogP contribution >= 0.6 is 0 Å². The van der Waals surface area contributed by atoms with Gasteiger partial charge in [0.15, 0.2) is 0 Å². The molecule has 86 valence electrons. The summed E-state index contributed by atoms with van der Waals surface area (Å²) < 4.78 is 3.49. The van der Waals surface area contributed by atoms with Gasteiger partial charge < -0.3 is 0 Å². The largest absolute Gasteiger partial charge is 0.285 e. The number of rotatable bonds is 3. The van der Waals surface area contributed by atoms with Crippen molar-refractivity contribution in [2.75, 3.05) is 0 Å². The molecule has 1 heterocycles. The van der Waals surface area contributed by atoms with Crippen molar-refractivity contribution in [2.45, 2.75) is 20.8 Å². The molecule has 0 unspecified atom stereocenters. The second kappa shape index (κ2) is 5.35. The Labute approximate surface area is 96.0 Å². The Morgan fingerprint density at radius 2 is 2.00 bits per heavy atom. The molecular weight excluding hydrogens is 200 g/mol. The molecule has 3 heteroatoms. The van der Waals surface area contributed by atoms with Crippen LogP contribution in [0.3, 0.4) is 0 Å². The zero-order valence-electron chi connectivity index (χ0n) is 10.3. The van der Waals surface area contributed by atoms with E-state index in [9.17, 15) is 4.79 Å². The van der Waals surface area contributed by atoms with Crippen LogP contribution in [0.5, 0.6) is 0 Å². The molecule has 0 atom stereocenters. The fourth-order valence-electron chi connectivity index (χ4n) is 1.50. The highest BCUT2D eigenvalue weighted by Gasteiger charge is 2.06. The van der Waals surface area contributed by atoms with Gasteiger partial charge in [-0.3, -0.25) is 9.48 Å². The number of hydrogen-bond acceptors (Lipinski definition) is 1. The van der Waals surface area contributed by atoms with Crippen molar-refractivity contribution < 1.29 is 0 Å². The summed E-state index contributed by atoms with van der Waals surface area (Å²) in [6, 6.07) is 1.63. The van der Waals surface area contributed by atoms with Gasteiger partial charge >= 0.3 is 0 Å². The SMILES string of the molecule is C\C=C/C=C(\C=C/C)n1c(=O)cc(C)n1C. The summed E-state index contributed by atoms with van der Waals surface area (Å²) >= 11 is 0. The Morgan fingerprint density at radius 3 is 2.44 bits per heavy atom. The van der Waals surface area contributed by atoms with E-state index < -0.39 is 0 Å². The van der Waals surface area contributed by atoms with Crippen LogP contribution in [0.25, 0.3) is 5.70 Å². The fraction of sp³-hybridized carbons (Fsp3) is 0.308. The van der Waals surface area contributed by atoms with E-state index in [1.54, 1.807) is 10.7 Å². The van der Waals surface area contributed by atoms with Crippen molar-refractivity contribution in [3.63, 3.8) is 0 Å². The molecule has 0 saturated carbocycles. The summed E-state index contributed by atoms with van der Waals surface area (Å²) in [6.07, 6.45) is 9.61. The second-order valence-electron chi connectivity index (χ2n) is 3.58. The van der Waals surface area contributed by atoms with Crippen molar-refractivity contribution in [3.05, 3.63) is 52.5 Å². The molecule has 1 aromatic rings. The van der Waals surface area contributed by atoms with Crippen LogP contribution < -0.4 is 5.56 Å². The van der Waals surface area contributed by atoms with Crippen LogP contribution in [0.15, 0.2) is 41.2 Å². The van der Waals surface area contributed by atoms with Gasteiger partial charge in [0.05, 0.1) is 5.70 Å². The van der Waals surface area contributed by atoms with Crippen LogP contribution in [0.1, 0.15) is 19.5 Å². The Balaban J connectivity index is 3.37. The molecule has 0 aliphatic rings. The first-order chi connectivity index (χ1) is 7.61. The van der Waals surface area contributed by atoms with E-state index >= 15 is 0 Å². The van der Waals surface area contributed by atoms with Crippen molar-refractivity contribution >= 4 is 5.70 Å². The topological polar surface area (TPSA) is 26.9 Å². The van der Waals surface area contributed by atoms with Gasteiger partial charge in [-0.25, -0.2) is 4.68 Å². The lowest BCUT2D eigenvalue weighted by atomic mass is 10.3. The van der Waals surface area contributed by atoms with E-state index in [2.05, 4.69) is 0 Å². The maximum absolute atomic E-state index is 11.8. The Bertz CT molecular complexity index is 498. The average molecular weight is 218 g/mol. The summed E-state index contributed by atoms with van der Waals surface area (Å²) in [5.41, 5.74) is 1.80. The molecule has 0 aliphatic heterocycles. The van der Waals surface area contributed by atoms with E-state index in [1.165, 1.54) is 0 Å². The maximum Gasteiger partial charge on any atom is 0.271 e. The maximum atomic E-state index is 11.8. The van der Waals surface area contributed by atoms with Crippen LogP contribution in [-0.4, -0.2) is 9.36 Å². The van der Waals surface area contributed by atoms with Gasteiger partial charge in [0.1, 0.15) is 0 Å². The van der Waals surface area contributed by atoms with Gasteiger partial charge in [-0.1, -0.05) is 18.2 Å². The van der Waals surface area contributed by atoms with Crippen molar-refractivity contribution in [1.82, 2.24) is 9.36 Å². The molecule has 0 aliphatic carbocycles. The van der Waals surface area contributed by atoms with Crippen molar-refractivity contribution in [2.24, 2.45) is 7.05 Å². The van der Waals surface area contributed by atoms with Crippen LogP contribution in [0.4, 0.5) is 0 Å². The first-order valence-electron chi connectivity index (χ1n) is 5.33. The van der Waals surface area contributed by atoms with Gasteiger partial charge in [0, 0.05) is 18.8 Å². The highest BCUT2D eigenvalue weighted by Crippen LogP contribution is 2.06. The lowest BCUT2D eigenvalue weighted by Crippen LogP contribution is -2.19. The van der Waals surface area contributed by atoms with Gasteiger partial charge in [-0.05, 0) is 32.9 Å². The minimum absolute atomic E-state index is 0.00569. The monoisotopic (exact) mass is 218 g/mol. The molecule has 0 spiro atoms. The van der Waals surface area contributed by atoms with Crippen LogP contribution in [0.2, 0.25) is 0 Å². The second-order valence-corrected chi connectivity index (χ2v) is 3.58. The normalized spacial score (nSPS) is 13.1. The Morgan fingerprint density at radius 1 is 1.31 bits per heavy atom. The van der Waals surface area contributed by atoms with Gasteiger partial charge in [0.25, 0.3) is 5.56 Å². The molecular formula is C13H18N2O. The molecule has 0 saturated heterocycles. The van der Waals surface area contributed by atoms with Crippen LogP contribution in [0, 0.1) is 6.92 Å². The predicted octanol–water partition coefficient (Wildman–Crippen LogP) is 2.49. The molecule has 0 aromatic carbocycles. The van der Waals surface area contributed by atoms with Gasteiger partial charge in [0.2, 0.25) is 0 Å². The number of aryl methyl sites for hydroxylation is 1. The number of hydrogen-bond donors (Lipinski definition) is 0. The predicted molar refractivity (Wildman–Crippen MR) is 68.3 cm³/mol. The molecule has 3 nitrogen and oxygen atoms in total. The van der Waals surface area contributed by atoms with E-state index in [0.717, 1.165) is 11.4 Å². The van der Waals surface area contributed by atoms with Gasteiger partial charge in [-0.15, -0.1) is 0 Å². The van der Waals surface area contributed by atoms with E-state index in [0.29, 0.717) is 0 Å². The van der Waals surface area contributed by atoms with Crippen LogP contribution in [-0.2, 0) is 7.05 Å². The van der Waals surface area contributed by atoms with E-state index in [1.807, 2.05) is 62.9 Å². The van der Waals surface area contributed by atoms with E-state index in [4.69, 9.17) is 0 Å². The summed E-state index contributed by atoms with van der Waals surface area (Å²) in [5.74, 6) is 0.